The van der Waals surface area contributed by atoms with Gasteiger partial charge >= 0.3 is 0 Å². The zero-order valence-electron chi connectivity index (χ0n) is 16.4. The molecule has 0 bridgehead atoms. The van der Waals surface area contributed by atoms with Crippen LogP contribution >= 0.6 is 11.3 Å². The fourth-order valence-corrected chi connectivity index (χ4v) is 5.13. The van der Waals surface area contributed by atoms with E-state index >= 15 is 0 Å². The van der Waals surface area contributed by atoms with Gasteiger partial charge in [-0.05, 0) is 62.6 Å². The van der Waals surface area contributed by atoms with Crippen molar-refractivity contribution in [3.8, 4) is 16.1 Å². The van der Waals surface area contributed by atoms with Crippen LogP contribution in [0.4, 0.5) is 5.69 Å². The number of nitrogens with zero attached hydrogens (tertiary/aromatic N) is 2. The smallest absolute Gasteiger partial charge is 0.265 e. The molecule has 4 nitrogen and oxygen atoms in total. The van der Waals surface area contributed by atoms with Crippen molar-refractivity contribution in [1.29, 1.82) is 0 Å². The Bertz CT molecular complexity index is 1200. The second-order valence-corrected chi connectivity index (χ2v) is 8.49. The summed E-state index contributed by atoms with van der Waals surface area (Å²) in [6.07, 6.45) is 1.85. The Balaban J connectivity index is 1.50. The maximum atomic E-state index is 12.8. The second-order valence-electron chi connectivity index (χ2n) is 7.44. The standard InChI is InChI=1S/C24H21N3OS/c1-15-8-11-18(12-9-15)25-24(28)21-14-17-10-13-20-22(23(17)29-21)16(2)26-27(20)19-6-4-3-5-7-19/h3-9,11-12,14H,10,13H2,1-2H3,(H,25,28). The van der Waals surface area contributed by atoms with Gasteiger partial charge in [0.05, 0.1) is 22.0 Å². The summed E-state index contributed by atoms with van der Waals surface area (Å²) in [4.78, 5) is 14.7. The van der Waals surface area contributed by atoms with Crippen LogP contribution in [0.25, 0.3) is 16.1 Å². The van der Waals surface area contributed by atoms with E-state index in [0.717, 1.165) is 34.8 Å². The normalized spacial score (nSPS) is 12.3. The Morgan fingerprint density at radius 2 is 1.79 bits per heavy atom. The van der Waals surface area contributed by atoms with Gasteiger partial charge in [0.15, 0.2) is 0 Å². The van der Waals surface area contributed by atoms with Crippen LogP contribution in [0.15, 0.2) is 60.7 Å². The van der Waals surface area contributed by atoms with Crippen LogP contribution in [-0.4, -0.2) is 15.7 Å². The summed E-state index contributed by atoms with van der Waals surface area (Å²) in [6.45, 7) is 4.09. The number of carbonyl (C=O) groups excluding carboxylic acids is 1. The van der Waals surface area contributed by atoms with E-state index < -0.39 is 0 Å². The fourth-order valence-electron chi connectivity index (χ4n) is 3.90. The summed E-state index contributed by atoms with van der Waals surface area (Å²) < 4.78 is 2.05. The van der Waals surface area contributed by atoms with E-state index in [4.69, 9.17) is 5.10 Å². The summed E-state index contributed by atoms with van der Waals surface area (Å²) >= 11 is 1.57. The molecule has 0 saturated heterocycles. The molecule has 2 heterocycles. The molecule has 144 valence electrons. The molecule has 0 aliphatic heterocycles. The first kappa shape index (κ1) is 17.9. The van der Waals surface area contributed by atoms with Crippen LogP contribution in [0.5, 0.6) is 0 Å². The molecule has 1 N–H and O–H groups in total. The lowest BCUT2D eigenvalue weighted by atomic mass is 9.95. The van der Waals surface area contributed by atoms with Crippen molar-refractivity contribution in [2.45, 2.75) is 26.7 Å². The highest BCUT2D eigenvalue weighted by atomic mass is 32.1. The number of amides is 1. The summed E-state index contributed by atoms with van der Waals surface area (Å²) in [5.74, 6) is -0.0529. The van der Waals surface area contributed by atoms with Gasteiger partial charge < -0.3 is 5.32 Å². The van der Waals surface area contributed by atoms with Crippen molar-refractivity contribution in [1.82, 2.24) is 9.78 Å². The number of rotatable bonds is 3. The maximum absolute atomic E-state index is 12.8. The zero-order valence-corrected chi connectivity index (χ0v) is 17.2. The molecule has 0 saturated carbocycles. The minimum Gasteiger partial charge on any atom is -0.321 e. The number of thiophene rings is 1. The molecule has 0 fully saturated rings. The molecule has 0 atom stereocenters. The molecule has 1 amide bonds. The number of fused-ring (bicyclic) bond motifs is 3. The number of aryl methyl sites for hydroxylation is 3. The molecule has 29 heavy (non-hydrogen) atoms. The van der Waals surface area contributed by atoms with E-state index in [1.165, 1.54) is 27.3 Å². The minimum absolute atomic E-state index is 0.0529. The number of aromatic nitrogens is 2. The summed E-state index contributed by atoms with van der Waals surface area (Å²) in [5, 5.41) is 7.83. The molecule has 2 aromatic carbocycles. The van der Waals surface area contributed by atoms with Crippen molar-refractivity contribution >= 4 is 22.9 Å². The van der Waals surface area contributed by atoms with Crippen molar-refractivity contribution in [3.63, 3.8) is 0 Å². The third kappa shape index (κ3) is 3.17. The van der Waals surface area contributed by atoms with Gasteiger partial charge in [-0.3, -0.25) is 4.79 Å². The third-order valence-corrected chi connectivity index (χ3v) is 6.55. The number of hydrogen-bond acceptors (Lipinski definition) is 3. The summed E-state index contributed by atoms with van der Waals surface area (Å²) in [5.41, 5.74) is 7.75. The lowest BCUT2D eigenvalue weighted by Gasteiger charge is -2.14. The van der Waals surface area contributed by atoms with Gasteiger partial charge in [0.25, 0.3) is 5.91 Å². The first-order chi connectivity index (χ1) is 14.1. The van der Waals surface area contributed by atoms with Crippen LogP contribution in [0.1, 0.15) is 32.2 Å². The van der Waals surface area contributed by atoms with Crippen molar-refractivity contribution in [2.24, 2.45) is 0 Å². The molecule has 5 heteroatoms. The lowest BCUT2D eigenvalue weighted by Crippen LogP contribution is -2.10. The van der Waals surface area contributed by atoms with Crippen LogP contribution in [0, 0.1) is 13.8 Å². The number of benzene rings is 2. The predicted octanol–water partition coefficient (Wildman–Crippen LogP) is 5.57. The van der Waals surface area contributed by atoms with Crippen LogP contribution < -0.4 is 5.32 Å². The molecular formula is C24H21N3OS. The van der Waals surface area contributed by atoms with E-state index in [1.807, 2.05) is 55.5 Å². The Morgan fingerprint density at radius 3 is 2.55 bits per heavy atom. The molecule has 1 aliphatic rings. The first-order valence-electron chi connectivity index (χ1n) is 9.75. The predicted molar refractivity (Wildman–Crippen MR) is 118 cm³/mol. The van der Waals surface area contributed by atoms with Gasteiger partial charge in [0.1, 0.15) is 0 Å². The van der Waals surface area contributed by atoms with Crippen LogP contribution in [0.3, 0.4) is 0 Å². The van der Waals surface area contributed by atoms with Crippen molar-refractivity contribution in [2.75, 3.05) is 5.32 Å². The molecule has 5 rings (SSSR count). The Labute approximate surface area is 173 Å². The largest absolute Gasteiger partial charge is 0.321 e. The number of para-hydroxylation sites is 1. The molecule has 2 aromatic heterocycles. The van der Waals surface area contributed by atoms with Gasteiger partial charge in [-0.15, -0.1) is 11.3 Å². The minimum atomic E-state index is -0.0529. The average molecular weight is 400 g/mol. The number of carbonyl (C=O) groups is 1. The SMILES string of the molecule is Cc1ccc(NC(=O)c2cc3c(s2)-c2c(C)nn(-c4ccccc4)c2CC3)cc1. The maximum Gasteiger partial charge on any atom is 0.265 e. The quantitative estimate of drug-likeness (QED) is 0.490. The second kappa shape index (κ2) is 7.01. The van der Waals surface area contributed by atoms with E-state index in [2.05, 4.69) is 29.1 Å². The van der Waals surface area contributed by atoms with E-state index in [-0.39, 0.29) is 5.91 Å². The summed E-state index contributed by atoms with van der Waals surface area (Å²) in [6, 6.07) is 20.2. The number of hydrogen-bond donors (Lipinski definition) is 1. The van der Waals surface area contributed by atoms with Gasteiger partial charge in [-0.1, -0.05) is 35.9 Å². The van der Waals surface area contributed by atoms with Gasteiger partial charge in [0, 0.05) is 16.1 Å². The van der Waals surface area contributed by atoms with Crippen LogP contribution in [0.2, 0.25) is 0 Å². The molecular weight excluding hydrogens is 378 g/mol. The first-order valence-corrected chi connectivity index (χ1v) is 10.6. The Kier molecular flexibility index (Phi) is 4.32. The van der Waals surface area contributed by atoms with Gasteiger partial charge in [-0.2, -0.15) is 5.10 Å². The number of anilines is 1. The topological polar surface area (TPSA) is 46.9 Å². The Hall–Kier alpha value is -3.18. The van der Waals surface area contributed by atoms with Gasteiger partial charge in [0.2, 0.25) is 0 Å². The monoisotopic (exact) mass is 399 g/mol. The van der Waals surface area contributed by atoms with Crippen LogP contribution in [-0.2, 0) is 12.8 Å². The van der Waals surface area contributed by atoms with Crippen molar-refractivity contribution in [3.05, 3.63) is 88.1 Å². The molecule has 0 unspecified atom stereocenters. The van der Waals surface area contributed by atoms with Crippen molar-refractivity contribution < 1.29 is 4.79 Å². The van der Waals surface area contributed by atoms with E-state index in [1.54, 1.807) is 11.3 Å². The van der Waals surface area contributed by atoms with Gasteiger partial charge in [-0.25, -0.2) is 4.68 Å². The number of nitrogens with one attached hydrogen (secondary N) is 1. The molecule has 4 aromatic rings. The fraction of sp³-hybridized carbons (Fsp3) is 0.167. The highest BCUT2D eigenvalue weighted by Crippen LogP contribution is 2.42. The molecule has 0 radical (unpaired) electrons. The molecule has 1 aliphatic carbocycles. The lowest BCUT2D eigenvalue weighted by molar-refractivity contribution is 0.103. The van der Waals surface area contributed by atoms with E-state index in [9.17, 15) is 4.79 Å². The highest BCUT2D eigenvalue weighted by Gasteiger charge is 2.27. The highest BCUT2D eigenvalue weighted by molar-refractivity contribution is 7.17. The Morgan fingerprint density at radius 1 is 1.03 bits per heavy atom. The zero-order chi connectivity index (χ0) is 20.0. The molecule has 0 spiro atoms. The summed E-state index contributed by atoms with van der Waals surface area (Å²) in [7, 11) is 0. The average Bonchev–Trinajstić information content (AvgIpc) is 3.31. The third-order valence-electron chi connectivity index (χ3n) is 5.36. The van der Waals surface area contributed by atoms with E-state index in [0.29, 0.717) is 0 Å².